The highest BCUT2D eigenvalue weighted by Crippen LogP contribution is 2.49. The Hall–Kier alpha value is -2.44. The Morgan fingerprint density at radius 2 is 2.14 bits per heavy atom. The van der Waals surface area contributed by atoms with Crippen LogP contribution < -0.4 is 5.32 Å². The number of hydrogen-bond donors (Lipinski definition) is 1. The molecule has 0 amide bonds. The summed E-state index contributed by atoms with van der Waals surface area (Å²) in [6, 6.07) is 6.71. The lowest BCUT2D eigenvalue weighted by atomic mass is 9.95. The van der Waals surface area contributed by atoms with Crippen LogP contribution in [0.4, 0.5) is 15.9 Å². The van der Waals surface area contributed by atoms with Crippen molar-refractivity contribution in [2.24, 2.45) is 7.05 Å². The SMILES string of the molecule is Cc1nn(C)c(NCC2(c3ccccc3F)CC2)c1[N+](=O)[O-]. The van der Waals surface area contributed by atoms with Crippen molar-refractivity contribution in [3.05, 3.63) is 51.5 Å². The van der Waals surface area contributed by atoms with E-state index in [1.165, 1.54) is 10.7 Å². The quantitative estimate of drug-likeness (QED) is 0.681. The predicted octanol–water partition coefficient (Wildman–Crippen LogP) is 2.92. The van der Waals surface area contributed by atoms with E-state index in [2.05, 4.69) is 10.4 Å². The van der Waals surface area contributed by atoms with Gasteiger partial charge in [0.2, 0.25) is 5.82 Å². The average molecular weight is 304 g/mol. The Labute approximate surface area is 127 Å². The maximum Gasteiger partial charge on any atom is 0.333 e. The molecule has 2 aromatic rings. The van der Waals surface area contributed by atoms with Crippen molar-refractivity contribution in [2.75, 3.05) is 11.9 Å². The third-order valence-corrected chi connectivity index (χ3v) is 4.27. The van der Waals surface area contributed by atoms with E-state index in [0.717, 1.165) is 12.8 Å². The largest absolute Gasteiger partial charge is 0.364 e. The van der Waals surface area contributed by atoms with Crippen LogP contribution in [0.2, 0.25) is 0 Å². The van der Waals surface area contributed by atoms with Gasteiger partial charge in [-0.25, -0.2) is 9.07 Å². The van der Waals surface area contributed by atoms with E-state index in [4.69, 9.17) is 0 Å². The Morgan fingerprint density at radius 3 is 2.73 bits per heavy atom. The summed E-state index contributed by atoms with van der Waals surface area (Å²) in [6.45, 7) is 2.06. The van der Waals surface area contributed by atoms with Gasteiger partial charge < -0.3 is 5.32 Å². The number of nitrogens with zero attached hydrogens (tertiary/aromatic N) is 3. The van der Waals surface area contributed by atoms with E-state index in [9.17, 15) is 14.5 Å². The molecule has 22 heavy (non-hydrogen) atoms. The predicted molar refractivity (Wildman–Crippen MR) is 80.4 cm³/mol. The van der Waals surface area contributed by atoms with Crippen molar-refractivity contribution in [1.82, 2.24) is 9.78 Å². The second-order valence-corrected chi connectivity index (χ2v) is 5.78. The summed E-state index contributed by atoms with van der Waals surface area (Å²) in [5.41, 5.74) is 0.735. The van der Waals surface area contributed by atoms with Crippen molar-refractivity contribution in [1.29, 1.82) is 0 Å². The minimum atomic E-state index is -0.437. The van der Waals surface area contributed by atoms with Gasteiger partial charge in [0.15, 0.2) is 0 Å². The van der Waals surface area contributed by atoms with Gasteiger partial charge in [-0.1, -0.05) is 18.2 Å². The number of aryl methyl sites for hydroxylation is 2. The Morgan fingerprint density at radius 1 is 1.45 bits per heavy atom. The van der Waals surface area contributed by atoms with Crippen LogP contribution in [0.15, 0.2) is 24.3 Å². The van der Waals surface area contributed by atoms with E-state index >= 15 is 0 Å². The summed E-state index contributed by atoms with van der Waals surface area (Å²) < 4.78 is 15.5. The van der Waals surface area contributed by atoms with Crippen LogP contribution in [0, 0.1) is 22.9 Å². The zero-order valence-electron chi connectivity index (χ0n) is 12.5. The molecule has 0 bridgehead atoms. The molecular weight excluding hydrogens is 287 g/mol. The molecule has 1 N–H and O–H groups in total. The molecule has 0 aliphatic heterocycles. The van der Waals surface area contributed by atoms with Crippen LogP contribution in [-0.4, -0.2) is 21.2 Å². The number of aromatic nitrogens is 2. The number of nitrogens with one attached hydrogen (secondary N) is 1. The molecule has 1 aliphatic carbocycles. The van der Waals surface area contributed by atoms with E-state index in [1.54, 1.807) is 26.1 Å². The van der Waals surface area contributed by atoms with Gasteiger partial charge >= 0.3 is 5.69 Å². The molecule has 0 saturated heterocycles. The standard InChI is InChI=1S/C15H17FN4O2/c1-10-13(20(21)22)14(19(2)18-10)17-9-15(7-8-15)11-5-3-4-6-12(11)16/h3-6,17H,7-9H2,1-2H3. The molecule has 7 heteroatoms. The highest BCUT2D eigenvalue weighted by Gasteiger charge is 2.46. The molecule has 0 unspecified atom stereocenters. The summed E-state index contributed by atoms with van der Waals surface area (Å²) >= 11 is 0. The van der Waals surface area contributed by atoms with Crippen molar-refractivity contribution in [3.63, 3.8) is 0 Å². The van der Waals surface area contributed by atoms with Crippen molar-refractivity contribution >= 4 is 11.5 Å². The highest BCUT2D eigenvalue weighted by molar-refractivity contribution is 5.60. The first-order valence-corrected chi connectivity index (χ1v) is 7.11. The summed E-state index contributed by atoms with van der Waals surface area (Å²) in [4.78, 5) is 10.7. The number of nitro groups is 1. The third-order valence-electron chi connectivity index (χ3n) is 4.27. The average Bonchev–Trinajstić information content (AvgIpc) is 3.17. The smallest absolute Gasteiger partial charge is 0.333 e. The molecule has 0 radical (unpaired) electrons. The van der Waals surface area contributed by atoms with Gasteiger partial charge in [0.25, 0.3) is 0 Å². The molecule has 1 aromatic carbocycles. The number of rotatable bonds is 5. The van der Waals surface area contributed by atoms with Crippen LogP contribution in [0.1, 0.15) is 24.1 Å². The number of halogens is 1. The lowest BCUT2D eigenvalue weighted by Crippen LogP contribution is -2.22. The van der Waals surface area contributed by atoms with Crippen LogP contribution in [-0.2, 0) is 12.5 Å². The topological polar surface area (TPSA) is 73.0 Å². The van der Waals surface area contributed by atoms with Gasteiger partial charge in [0, 0.05) is 19.0 Å². The van der Waals surface area contributed by atoms with Crippen molar-refractivity contribution in [2.45, 2.75) is 25.2 Å². The van der Waals surface area contributed by atoms with Crippen molar-refractivity contribution < 1.29 is 9.31 Å². The number of hydrogen-bond acceptors (Lipinski definition) is 4. The van der Waals surface area contributed by atoms with Gasteiger partial charge in [-0.15, -0.1) is 0 Å². The number of anilines is 1. The maximum atomic E-state index is 14.0. The van der Waals surface area contributed by atoms with E-state index < -0.39 is 4.92 Å². The van der Waals surface area contributed by atoms with Crippen LogP contribution >= 0.6 is 0 Å². The van der Waals surface area contributed by atoms with Gasteiger partial charge in [0.1, 0.15) is 11.5 Å². The molecule has 6 nitrogen and oxygen atoms in total. The lowest BCUT2D eigenvalue weighted by Gasteiger charge is -2.17. The highest BCUT2D eigenvalue weighted by atomic mass is 19.1. The number of benzene rings is 1. The monoisotopic (exact) mass is 304 g/mol. The molecule has 0 spiro atoms. The molecule has 1 aliphatic rings. The van der Waals surface area contributed by atoms with Gasteiger partial charge in [0.05, 0.1) is 4.92 Å². The minimum absolute atomic E-state index is 0.0215. The molecule has 1 fully saturated rings. The molecule has 1 aromatic heterocycles. The summed E-state index contributed by atoms with van der Waals surface area (Å²) in [6.07, 6.45) is 1.73. The maximum absolute atomic E-state index is 14.0. The van der Waals surface area contributed by atoms with E-state index in [-0.39, 0.29) is 16.9 Å². The first kappa shape index (κ1) is 14.5. The van der Waals surface area contributed by atoms with E-state index in [1.807, 2.05) is 6.07 Å². The Balaban J connectivity index is 1.85. The molecule has 116 valence electrons. The first-order chi connectivity index (χ1) is 10.4. The zero-order chi connectivity index (χ0) is 15.9. The Bertz CT molecular complexity index is 737. The molecule has 0 atom stereocenters. The second-order valence-electron chi connectivity index (χ2n) is 5.78. The summed E-state index contributed by atoms with van der Waals surface area (Å²) in [5, 5.41) is 18.4. The molecular formula is C15H17FN4O2. The van der Waals surface area contributed by atoms with Crippen LogP contribution in [0.3, 0.4) is 0 Å². The normalized spacial score (nSPS) is 15.6. The van der Waals surface area contributed by atoms with Crippen molar-refractivity contribution in [3.8, 4) is 0 Å². The fourth-order valence-electron chi connectivity index (χ4n) is 2.90. The van der Waals surface area contributed by atoms with Crippen LogP contribution in [0.25, 0.3) is 0 Å². The Kier molecular flexibility index (Phi) is 3.35. The minimum Gasteiger partial charge on any atom is -0.364 e. The second kappa shape index (κ2) is 5.08. The fraction of sp³-hybridized carbons (Fsp3) is 0.400. The fourth-order valence-corrected chi connectivity index (χ4v) is 2.90. The summed E-state index contributed by atoms with van der Waals surface area (Å²) in [5.74, 6) is 0.141. The van der Waals surface area contributed by atoms with Gasteiger partial charge in [-0.3, -0.25) is 10.1 Å². The van der Waals surface area contributed by atoms with E-state index in [0.29, 0.717) is 23.6 Å². The molecule has 3 rings (SSSR count). The zero-order valence-corrected chi connectivity index (χ0v) is 12.5. The van der Waals surface area contributed by atoms with Crippen LogP contribution in [0.5, 0.6) is 0 Å². The van der Waals surface area contributed by atoms with Gasteiger partial charge in [-0.05, 0) is 31.4 Å². The molecule has 1 saturated carbocycles. The first-order valence-electron chi connectivity index (χ1n) is 7.11. The summed E-state index contributed by atoms with van der Waals surface area (Å²) in [7, 11) is 1.66. The molecule has 1 heterocycles. The third kappa shape index (κ3) is 2.32. The van der Waals surface area contributed by atoms with Gasteiger partial charge in [-0.2, -0.15) is 5.10 Å². The lowest BCUT2D eigenvalue weighted by molar-refractivity contribution is -0.384.